The normalized spacial score (nSPS) is 10.7. The second kappa shape index (κ2) is 6.38. The van der Waals surface area contributed by atoms with Gasteiger partial charge in [0, 0.05) is 44.6 Å². The van der Waals surface area contributed by atoms with E-state index in [4.69, 9.17) is 0 Å². The molecule has 0 aliphatic rings. The van der Waals surface area contributed by atoms with Crippen LogP contribution in [0.25, 0.3) is 0 Å². The molecule has 0 atom stereocenters. The summed E-state index contributed by atoms with van der Waals surface area (Å²) in [4.78, 5) is 2.27. The summed E-state index contributed by atoms with van der Waals surface area (Å²) in [6.07, 6.45) is 3.98. The van der Waals surface area contributed by atoms with E-state index < -0.39 is 0 Å². The van der Waals surface area contributed by atoms with Crippen molar-refractivity contribution >= 4 is 5.69 Å². The van der Waals surface area contributed by atoms with Crippen molar-refractivity contribution in [3.05, 3.63) is 47.8 Å². The number of nitrogens with zero attached hydrogens (tertiary/aromatic N) is 3. The molecule has 1 heterocycles. The van der Waals surface area contributed by atoms with Gasteiger partial charge in [0.05, 0.1) is 6.20 Å². The summed E-state index contributed by atoms with van der Waals surface area (Å²) in [6.45, 7) is 4.89. The Morgan fingerprint density at radius 1 is 1.32 bits per heavy atom. The fourth-order valence-corrected chi connectivity index (χ4v) is 2.20. The van der Waals surface area contributed by atoms with Crippen LogP contribution in [0.4, 0.5) is 5.69 Å². The molecule has 1 aromatic carbocycles. The molecule has 0 saturated heterocycles. The number of anilines is 1. The maximum Gasteiger partial charge on any atom is 0.0539 e. The molecule has 0 radical (unpaired) electrons. The van der Waals surface area contributed by atoms with Crippen LogP contribution in [0.3, 0.4) is 0 Å². The minimum absolute atomic E-state index is 0.872. The van der Waals surface area contributed by atoms with Crippen LogP contribution in [-0.2, 0) is 20.1 Å². The lowest BCUT2D eigenvalue weighted by Gasteiger charge is -2.22. The number of hydrogen-bond donors (Lipinski definition) is 1. The second-order valence-corrected chi connectivity index (χ2v) is 4.79. The molecular formula is C15H22N4. The third-order valence-electron chi connectivity index (χ3n) is 3.15. The van der Waals surface area contributed by atoms with Crippen molar-refractivity contribution in [2.24, 2.45) is 7.05 Å². The summed E-state index contributed by atoms with van der Waals surface area (Å²) in [5.74, 6) is 0. The van der Waals surface area contributed by atoms with E-state index in [9.17, 15) is 0 Å². The van der Waals surface area contributed by atoms with Crippen molar-refractivity contribution in [3.63, 3.8) is 0 Å². The fraction of sp³-hybridized carbons (Fsp3) is 0.400. The van der Waals surface area contributed by atoms with Crippen LogP contribution in [0.5, 0.6) is 0 Å². The van der Waals surface area contributed by atoms with E-state index >= 15 is 0 Å². The highest BCUT2D eigenvalue weighted by atomic mass is 15.2. The third kappa shape index (κ3) is 3.58. The quantitative estimate of drug-likeness (QED) is 0.862. The average molecular weight is 258 g/mol. The smallest absolute Gasteiger partial charge is 0.0539 e. The topological polar surface area (TPSA) is 33.1 Å². The highest BCUT2D eigenvalue weighted by Gasteiger charge is 2.08. The van der Waals surface area contributed by atoms with Gasteiger partial charge in [-0.1, -0.05) is 25.1 Å². The molecule has 1 aromatic heterocycles. The first-order valence-electron chi connectivity index (χ1n) is 6.68. The van der Waals surface area contributed by atoms with Crippen molar-refractivity contribution in [1.29, 1.82) is 0 Å². The van der Waals surface area contributed by atoms with E-state index in [0.717, 1.165) is 19.6 Å². The number of aromatic nitrogens is 2. The SMILES string of the molecule is CCNCc1ccccc1N(C)Cc1cnn(C)c1. The Morgan fingerprint density at radius 2 is 2.11 bits per heavy atom. The van der Waals surface area contributed by atoms with Gasteiger partial charge in [0.25, 0.3) is 0 Å². The van der Waals surface area contributed by atoms with Gasteiger partial charge in [-0.15, -0.1) is 0 Å². The van der Waals surface area contributed by atoms with Crippen LogP contribution in [0.1, 0.15) is 18.1 Å². The first-order valence-corrected chi connectivity index (χ1v) is 6.68. The van der Waals surface area contributed by atoms with Crippen LogP contribution in [0, 0.1) is 0 Å². The fourth-order valence-electron chi connectivity index (χ4n) is 2.20. The van der Waals surface area contributed by atoms with Gasteiger partial charge in [0.2, 0.25) is 0 Å². The van der Waals surface area contributed by atoms with Crippen molar-refractivity contribution in [2.45, 2.75) is 20.0 Å². The zero-order valence-electron chi connectivity index (χ0n) is 11.9. The van der Waals surface area contributed by atoms with E-state index in [-0.39, 0.29) is 0 Å². The standard InChI is InChI=1S/C15H22N4/c1-4-16-10-14-7-5-6-8-15(14)18(2)11-13-9-17-19(3)12-13/h5-9,12,16H,4,10-11H2,1-3H3. The average Bonchev–Trinajstić information content (AvgIpc) is 2.82. The Balaban J connectivity index is 2.11. The molecule has 1 N–H and O–H groups in total. The van der Waals surface area contributed by atoms with Crippen molar-refractivity contribution < 1.29 is 0 Å². The van der Waals surface area contributed by atoms with Gasteiger partial charge in [-0.2, -0.15) is 5.10 Å². The number of hydrogen-bond acceptors (Lipinski definition) is 3. The molecule has 0 aliphatic heterocycles. The van der Waals surface area contributed by atoms with Crippen molar-refractivity contribution in [2.75, 3.05) is 18.5 Å². The molecule has 0 fully saturated rings. The number of benzene rings is 1. The largest absolute Gasteiger partial charge is 0.370 e. The predicted octanol–water partition coefficient (Wildman–Crippen LogP) is 2.17. The molecule has 0 aliphatic carbocycles. The molecule has 2 rings (SSSR count). The van der Waals surface area contributed by atoms with Gasteiger partial charge < -0.3 is 10.2 Å². The summed E-state index contributed by atoms with van der Waals surface area (Å²) >= 11 is 0. The number of para-hydroxylation sites is 1. The number of nitrogens with one attached hydrogen (secondary N) is 1. The Morgan fingerprint density at radius 3 is 2.79 bits per heavy atom. The zero-order valence-corrected chi connectivity index (χ0v) is 11.9. The molecular weight excluding hydrogens is 236 g/mol. The molecule has 2 aromatic rings. The van der Waals surface area contributed by atoms with E-state index in [2.05, 4.69) is 59.7 Å². The van der Waals surface area contributed by atoms with Crippen molar-refractivity contribution in [3.8, 4) is 0 Å². The second-order valence-electron chi connectivity index (χ2n) is 4.79. The van der Waals surface area contributed by atoms with Crippen LogP contribution < -0.4 is 10.2 Å². The van der Waals surface area contributed by atoms with Gasteiger partial charge >= 0.3 is 0 Å². The molecule has 0 bridgehead atoms. The van der Waals surface area contributed by atoms with Gasteiger partial charge in [-0.3, -0.25) is 4.68 Å². The minimum Gasteiger partial charge on any atom is -0.370 e. The Bertz CT molecular complexity index is 518. The summed E-state index contributed by atoms with van der Waals surface area (Å²) in [5.41, 5.74) is 3.83. The molecule has 19 heavy (non-hydrogen) atoms. The molecule has 0 saturated carbocycles. The maximum absolute atomic E-state index is 4.21. The number of aryl methyl sites for hydroxylation is 1. The Hall–Kier alpha value is -1.81. The lowest BCUT2D eigenvalue weighted by atomic mass is 10.1. The summed E-state index contributed by atoms with van der Waals surface area (Å²) in [7, 11) is 4.07. The van der Waals surface area contributed by atoms with E-state index in [1.54, 1.807) is 0 Å². The van der Waals surface area contributed by atoms with Gasteiger partial charge in [0.15, 0.2) is 0 Å². The van der Waals surface area contributed by atoms with Gasteiger partial charge in [-0.25, -0.2) is 0 Å². The molecule has 0 unspecified atom stereocenters. The molecule has 102 valence electrons. The lowest BCUT2D eigenvalue weighted by Crippen LogP contribution is -2.20. The van der Waals surface area contributed by atoms with Crippen LogP contribution in [0.15, 0.2) is 36.7 Å². The zero-order chi connectivity index (χ0) is 13.7. The maximum atomic E-state index is 4.21. The van der Waals surface area contributed by atoms with Gasteiger partial charge in [0.1, 0.15) is 0 Å². The highest BCUT2D eigenvalue weighted by molar-refractivity contribution is 5.53. The van der Waals surface area contributed by atoms with E-state index in [0.29, 0.717) is 0 Å². The monoisotopic (exact) mass is 258 g/mol. The van der Waals surface area contributed by atoms with Gasteiger partial charge in [-0.05, 0) is 18.2 Å². The number of rotatable bonds is 6. The molecule has 0 amide bonds. The lowest BCUT2D eigenvalue weighted by molar-refractivity contribution is 0.723. The van der Waals surface area contributed by atoms with Crippen molar-refractivity contribution in [1.82, 2.24) is 15.1 Å². The Kier molecular flexibility index (Phi) is 4.58. The third-order valence-corrected chi connectivity index (χ3v) is 3.15. The van der Waals surface area contributed by atoms with Crippen LogP contribution in [0.2, 0.25) is 0 Å². The van der Waals surface area contributed by atoms with E-state index in [1.165, 1.54) is 16.8 Å². The van der Waals surface area contributed by atoms with Crippen LogP contribution in [-0.4, -0.2) is 23.4 Å². The van der Waals surface area contributed by atoms with E-state index in [1.807, 2.05) is 17.9 Å². The first kappa shape index (κ1) is 13.6. The Labute approximate surface area is 115 Å². The molecule has 0 spiro atoms. The highest BCUT2D eigenvalue weighted by Crippen LogP contribution is 2.20. The molecule has 4 heteroatoms. The molecule has 4 nitrogen and oxygen atoms in total. The first-order chi connectivity index (χ1) is 9.20. The summed E-state index contributed by atoms with van der Waals surface area (Å²) in [5, 5.41) is 7.60. The predicted molar refractivity (Wildman–Crippen MR) is 79.1 cm³/mol. The minimum atomic E-state index is 0.872. The van der Waals surface area contributed by atoms with Crippen LogP contribution >= 0.6 is 0 Å². The summed E-state index contributed by atoms with van der Waals surface area (Å²) < 4.78 is 1.84. The summed E-state index contributed by atoms with van der Waals surface area (Å²) in [6, 6.07) is 8.53.